The van der Waals surface area contributed by atoms with Crippen molar-refractivity contribution in [3.8, 4) is 12.0 Å². The van der Waals surface area contributed by atoms with Crippen molar-refractivity contribution in [1.29, 1.82) is 0 Å². The van der Waals surface area contributed by atoms with Crippen LogP contribution in [0.15, 0.2) is 42.5 Å². The zero-order chi connectivity index (χ0) is 22.8. The first-order valence-electron chi connectivity index (χ1n) is 9.58. The summed E-state index contributed by atoms with van der Waals surface area (Å²) in [4.78, 5) is 22.2. The highest BCUT2D eigenvalue weighted by Gasteiger charge is 2.22. The number of ether oxygens (including phenoxy) is 1. The molecule has 164 valence electrons. The van der Waals surface area contributed by atoms with Crippen molar-refractivity contribution >= 4 is 28.6 Å². The molecule has 0 radical (unpaired) electrons. The number of para-hydroxylation sites is 1. The third kappa shape index (κ3) is 3.87. The van der Waals surface area contributed by atoms with Crippen molar-refractivity contribution in [2.45, 2.75) is 6.54 Å². The molecule has 0 saturated heterocycles. The summed E-state index contributed by atoms with van der Waals surface area (Å²) < 4.78 is 20.4. The van der Waals surface area contributed by atoms with E-state index in [0.717, 1.165) is 5.56 Å². The van der Waals surface area contributed by atoms with Crippen LogP contribution >= 0.6 is 0 Å². The third-order valence-electron chi connectivity index (χ3n) is 4.70. The molecule has 0 bridgehead atoms. The molecule has 2 N–H and O–H groups in total. The van der Waals surface area contributed by atoms with Crippen LogP contribution in [0, 0.1) is 5.82 Å². The van der Waals surface area contributed by atoms with Crippen LogP contribution in [0.5, 0.6) is 6.01 Å². The second-order valence-electron chi connectivity index (χ2n) is 7.07. The molecule has 0 spiro atoms. The number of carboxylic acid groups (broad SMARTS) is 1. The molecule has 0 amide bonds. The zero-order valence-corrected chi connectivity index (χ0v) is 17.6. The number of anilines is 2. The molecule has 2 aromatic heterocycles. The van der Waals surface area contributed by atoms with E-state index in [1.165, 1.54) is 29.9 Å². The summed E-state index contributed by atoms with van der Waals surface area (Å²) >= 11 is 0. The van der Waals surface area contributed by atoms with Gasteiger partial charge in [0.2, 0.25) is 0 Å². The number of halogens is 1. The van der Waals surface area contributed by atoms with Crippen molar-refractivity contribution in [3.63, 3.8) is 0 Å². The van der Waals surface area contributed by atoms with E-state index in [4.69, 9.17) is 4.74 Å². The SMILES string of the molecule is COc1nc2c(C(=O)O)cccc2n1-c1nnc(N(C)C)c(NCc2cccc(F)c2)n1. The van der Waals surface area contributed by atoms with Gasteiger partial charge in [0.25, 0.3) is 5.95 Å². The van der Waals surface area contributed by atoms with E-state index in [2.05, 4.69) is 25.5 Å². The van der Waals surface area contributed by atoms with Gasteiger partial charge in [-0.15, -0.1) is 10.2 Å². The van der Waals surface area contributed by atoms with Gasteiger partial charge in [0, 0.05) is 20.6 Å². The lowest BCUT2D eigenvalue weighted by molar-refractivity contribution is 0.0699. The van der Waals surface area contributed by atoms with Gasteiger partial charge in [0.1, 0.15) is 11.3 Å². The molecule has 2 heterocycles. The fraction of sp³-hybridized carbons (Fsp3) is 0.190. The van der Waals surface area contributed by atoms with E-state index < -0.39 is 5.97 Å². The molecule has 4 aromatic rings. The average molecular weight is 437 g/mol. The highest BCUT2D eigenvalue weighted by molar-refractivity contribution is 6.01. The highest BCUT2D eigenvalue weighted by Crippen LogP contribution is 2.28. The number of nitrogens with zero attached hydrogens (tertiary/aromatic N) is 6. The quantitative estimate of drug-likeness (QED) is 0.450. The number of methoxy groups -OCH3 is 1. The second-order valence-corrected chi connectivity index (χ2v) is 7.07. The lowest BCUT2D eigenvalue weighted by Gasteiger charge is -2.17. The van der Waals surface area contributed by atoms with Gasteiger partial charge in [-0.2, -0.15) is 9.97 Å². The molecule has 2 aromatic carbocycles. The number of nitrogens with one attached hydrogen (secondary N) is 1. The van der Waals surface area contributed by atoms with E-state index in [1.54, 1.807) is 43.3 Å². The summed E-state index contributed by atoms with van der Waals surface area (Å²) in [6, 6.07) is 11.1. The normalized spacial score (nSPS) is 10.9. The van der Waals surface area contributed by atoms with Crippen LogP contribution < -0.4 is 15.0 Å². The Hall–Kier alpha value is -4.28. The van der Waals surface area contributed by atoms with Crippen LogP contribution in [0.25, 0.3) is 17.0 Å². The fourth-order valence-corrected chi connectivity index (χ4v) is 3.24. The first-order chi connectivity index (χ1) is 15.4. The van der Waals surface area contributed by atoms with Gasteiger partial charge in [-0.1, -0.05) is 18.2 Å². The summed E-state index contributed by atoms with van der Waals surface area (Å²) in [5.74, 6) is -0.425. The molecule has 0 aliphatic rings. The summed E-state index contributed by atoms with van der Waals surface area (Å²) in [5.41, 5.74) is 1.46. The number of hydrogen-bond donors (Lipinski definition) is 2. The molecule has 0 atom stereocenters. The van der Waals surface area contributed by atoms with Gasteiger partial charge in [0.05, 0.1) is 18.2 Å². The lowest BCUT2D eigenvalue weighted by atomic mass is 10.2. The smallest absolute Gasteiger partial charge is 0.337 e. The van der Waals surface area contributed by atoms with Gasteiger partial charge < -0.3 is 20.1 Å². The Morgan fingerprint density at radius 2 is 1.97 bits per heavy atom. The van der Waals surface area contributed by atoms with Crippen LogP contribution in [0.2, 0.25) is 0 Å². The molecule has 4 rings (SSSR count). The van der Waals surface area contributed by atoms with Crippen LogP contribution in [0.4, 0.5) is 16.0 Å². The van der Waals surface area contributed by atoms with Crippen LogP contribution in [0.3, 0.4) is 0 Å². The summed E-state index contributed by atoms with van der Waals surface area (Å²) in [6.45, 7) is 0.307. The van der Waals surface area contributed by atoms with E-state index in [-0.39, 0.29) is 28.9 Å². The number of hydrogen-bond acceptors (Lipinski definition) is 8. The second kappa shape index (κ2) is 8.46. The van der Waals surface area contributed by atoms with E-state index >= 15 is 0 Å². The van der Waals surface area contributed by atoms with Crippen LogP contribution in [-0.4, -0.2) is 57.0 Å². The molecule has 0 saturated carbocycles. The van der Waals surface area contributed by atoms with Crippen molar-refractivity contribution in [2.24, 2.45) is 0 Å². The molecule has 11 heteroatoms. The van der Waals surface area contributed by atoms with Gasteiger partial charge in [-0.05, 0) is 29.8 Å². The first kappa shape index (κ1) is 21.0. The van der Waals surface area contributed by atoms with Crippen molar-refractivity contribution in [3.05, 3.63) is 59.4 Å². The number of fused-ring (bicyclic) bond motifs is 1. The molecular weight excluding hydrogens is 417 g/mol. The molecular formula is C21H20FN7O3. The highest BCUT2D eigenvalue weighted by atomic mass is 19.1. The standard InChI is InChI=1S/C21H20FN7O3/c1-28(2)18-17(23-11-12-6-4-7-13(22)10-12)25-20(27-26-18)29-15-9-5-8-14(19(30)31)16(15)24-21(29)32-3/h4-10H,11H2,1-3H3,(H,30,31)(H,23,25,27). The maximum absolute atomic E-state index is 13.5. The van der Waals surface area contributed by atoms with Gasteiger partial charge >= 0.3 is 12.0 Å². The van der Waals surface area contributed by atoms with Crippen LogP contribution in [0.1, 0.15) is 15.9 Å². The molecule has 0 aliphatic carbocycles. The van der Waals surface area contributed by atoms with Gasteiger partial charge in [0.15, 0.2) is 11.6 Å². The largest absolute Gasteiger partial charge is 0.478 e. The van der Waals surface area contributed by atoms with E-state index in [1.807, 2.05) is 0 Å². The third-order valence-corrected chi connectivity index (χ3v) is 4.70. The number of aromatic carboxylic acids is 1. The minimum absolute atomic E-state index is 0.0295. The van der Waals surface area contributed by atoms with E-state index in [9.17, 15) is 14.3 Å². The molecule has 10 nitrogen and oxygen atoms in total. The summed E-state index contributed by atoms with van der Waals surface area (Å²) in [7, 11) is 5.01. The molecule has 0 fully saturated rings. The number of aromatic nitrogens is 5. The number of carbonyl (C=O) groups is 1. The van der Waals surface area contributed by atoms with Crippen molar-refractivity contribution < 1.29 is 19.0 Å². The summed E-state index contributed by atoms with van der Waals surface area (Å²) in [5, 5.41) is 21.1. The Morgan fingerprint density at radius 3 is 2.66 bits per heavy atom. The maximum atomic E-state index is 13.5. The Labute approximate surface area is 182 Å². The average Bonchev–Trinajstić information content (AvgIpc) is 3.16. The number of benzene rings is 2. The number of imidazole rings is 1. The zero-order valence-electron chi connectivity index (χ0n) is 17.6. The minimum Gasteiger partial charge on any atom is -0.478 e. The van der Waals surface area contributed by atoms with Crippen LogP contribution in [-0.2, 0) is 6.54 Å². The number of carboxylic acids is 1. The number of rotatable bonds is 7. The first-order valence-corrected chi connectivity index (χ1v) is 9.58. The van der Waals surface area contributed by atoms with Gasteiger partial charge in [-0.3, -0.25) is 0 Å². The Kier molecular flexibility index (Phi) is 5.54. The minimum atomic E-state index is -1.11. The monoisotopic (exact) mass is 437 g/mol. The maximum Gasteiger partial charge on any atom is 0.337 e. The molecule has 0 unspecified atom stereocenters. The van der Waals surface area contributed by atoms with Gasteiger partial charge in [-0.25, -0.2) is 13.8 Å². The van der Waals surface area contributed by atoms with Crippen molar-refractivity contribution in [2.75, 3.05) is 31.4 Å². The van der Waals surface area contributed by atoms with E-state index in [0.29, 0.717) is 23.7 Å². The predicted molar refractivity (Wildman–Crippen MR) is 116 cm³/mol. The Bertz CT molecular complexity index is 1310. The Balaban J connectivity index is 1.81. The predicted octanol–water partition coefficient (Wildman–Crippen LogP) is 2.73. The molecule has 32 heavy (non-hydrogen) atoms. The Morgan fingerprint density at radius 1 is 1.19 bits per heavy atom. The lowest BCUT2D eigenvalue weighted by Crippen LogP contribution is -2.18. The molecule has 0 aliphatic heterocycles. The fourth-order valence-electron chi connectivity index (χ4n) is 3.24. The topological polar surface area (TPSA) is 118 Å². The summed E-state index contributed by atoms with van der Waals surface area (Å²) in [6.07, 6.45) is 0. The van der Waals surface area contributed by atoms with Crippen molar-refractivity contribution in [1.82, 2.24) is 24.7 Å².